The number of rotatable bonds is 8. The lowest BCUT2D eigenvalue weighted by atomic mass is 9.93. The molecule has 0 aromatic heterocycles. The van der Waals surface area contributed by atoms with Crippen molar-refractivity contribution in [2.24, 2.45) is 0 Å². The van der Waals surface area contributed by atoms with Gasteiger partial charge in [-0.3, -0.25) is 19.8 Å². The molecule has 0 fully saturated rings. The van der Waals surface area contributed by atoms with Crippen LogP contribution in [0, 0.1) is 15.9 Å². The molecule has 3 aromatic carbocycles. The Bertz CT molecular complexity index is 1370. The molecule has 38 heavy (non-hydrogen) atoms. The van der Waals surface area contributed by atoms with Crippen molar-refractivity contribution in [2.75, 3.05) is 0 Å². The minimum absolute atomic E-state index is 0.00669. The van der Waals surface area contributed by atoms with E-state index in [2.05, 4.69) is 5.32 Å². The maximum atomic E-state index is 13.7. The summed E-state index contributed by atoms with van der Waals surface area (Å²) in [6, 6.07) is 16.8. The molecule has 3 aromatic rings. The van der Waals surface area contributed by atoms with E-state index in [4.69, 9.17) is 4.74 Å². The molecule has 2 atom stereocenters. The van der Waals surface area contributed by atoms with Gasteiger partial charge < -0.3 is 15.2 Å². The Labute approximate surface area is 216 Å². The molecular weight excluding hydrogens is 497 g/mol. The largest absolute Gasteiger partial charge is 0.480 e. The highest BCUT2D eigenvalue weighted by molar-refractivity contribution is 5.90. The fourth-order valence-corrected chi connectivity index (χ4v) is 4.28. The van der Waals surface area contributed by atoms with Crippen LogP contribution in [0.2, 0.25) is 0 Å². The summed E-state index contributed by atoms with van der Waals surface area (Å²) in [4.78, 5) is 49.7. The van der Waals surface area contributed by atoms with E-state index in [1.807, 2.05) is 24.3 Å². The normalized spacial score (nSPS) is 15.2. The van der Waals surface area contributed by atoms with E-state index in [1.165, 1.54) is 11.0 Å². The third-order valence-corrected chi connectivity index (χ3v) is 6.25. The van der Waals surface area contributed by atoms with Crippen LogP contribution in [-0.4, -0.2) is 45.0 Å². The Morgan fingerprint density at radius 3 is 2.42 bits per heavy atom. The predicted molar refractivity (Wildman–Crippen MR) is 132 cm³/mol. The molecule has 0 saturated carbocycles. The van der Waals surface area contributed by atoms with Crippen molar-refractivity contribution in [1.82, 2.24) is 10.2 Å². The Morgan fingerprint density at radius 1 is 1.05 bits per heavy atom. The first-order chi connectivity index (χ1) is 18.2. The van der Waals surface area contributed by atoms with Crippen molar-refractivity contribution >= 4 is 23.7 Å². The van der Waals surface area contributed by atoms with Crippen LogP contribution in [0.5, 0.6) is 0 Å². The fourth-order valence-electron chi connectivity index (χ4n) is 4.28. The maximum Gasteiger partial charge on any atom is 0.411 e. The quantitative estimate of drug-likeness (QED) is 0.341. The Balaban J connectivity index is 1.53. The molecule has 11 heteroatoms. The minimum Gasteiger partial charge on any atom is -0.480 e. The lowest BCUT2D eigenvalue weighted by Crippen LogP contribution is -2.56. The van der Waals surface area contributed by atoms with Crippen molar-refractivity contribution in [1.29, 1.82) is 0 Å². The number of amides is 2. The number of carboxylic acid groups (broad SMARTS) is 1. The molecular formula is C27H24FN3O7. The van der Waals surface area contributed by atoms with Crippen molar-refractivity contribution in [2.45, 2.75) is 38.1 Å². The van der Waals surface area contributed by atoms with Crippen molar-refractivity contribution < 1.29 is 33.5 Å². The molecule has 0 bridgehead atoms. The summed E-state index contributed by atoms with van der Waals surface area (Å²) in [7, 11) is 0. The summed E-state index contributed by atoms with van der Waals surface area (Å²) >= 11 is 0. The van der Waals surface area contributed by atoms with Gasteiger partial charge in [0.25, 0.3) is 0 Å². The Morgan fingerprint density at radius 2 is 1.74 bits per heavy atom. The third-order valence-electron chi connectivity index (χ3n) is 6.25. The van der Waals surface area contributed by atoms with Gasteiger partial charge in [0, 0.05) is 18.9 Å². The van der Waals surface area contributed by atoms with Gasteiger partial charge in [0.1, 0.15) is 18.7 Å². The van der Waals surface area contributed by atoms with Gasteiger partial charge in [0.2, 0.25) is 11.7 Å². The molecule has 10 nitrogen and oxygen atoms in total. The van der Waals surface area contributed by atoms with E-state index in [-0.39, 0.29) is 31.6 Å². The van der Waals surface area contributed by atoms with E-state index in [1.54, 1.807) is 30.3 Å². The summed E-state index contributed by atoms with van der Waals surface area (Å²) in [5, 5.41) is 23.2. The van der Waals surface area contributed by atoms with E-state index >= 15 is 0 Å². The SMILES string of the molecule is O=C(O)[C@H](Cc1ccc(F)c([N+](=O)[O-])c1)NC(=O)[C@@H]1Cc2ccccc2CN1C(=O)OCc1ccccc1. The molecule has 0 radical (unpaired) electrons. The molecule has 4 rings (SSSR count). The molecule has 1 heterocycles. The molecule has 0 spiro atoms. The number of nitrogens with one attached hydrogen (secondary N) is 1. The van der Waals surface area contributed by atoms with Gasteiger partial charge in [-0.2, -0.15) is 4.39 Å². The second-order valence-electron chi connectivity index (χ2n) is 8.80. The molecule has 0 unspecified atom stereocenters. The van der Waals surface area contributed by atoms with E-state index in [0.717, 1.165) is 28.8 Å². The molecule has 196 valence electrons. The number of hydrogen-bond donors (Lipinski definition) is 2. The van der Waals surface area contributed by atoms with Crippen LogP contribution in [0.3, 0.4) is 0 Å². The lowest BCUT2D eigenvalue weighted by Gasteiger charge is -2.35. The number of nitro groups is 1. The molecule has 2 amide bonds. The standard InChI is InChI=1S/C27H24FN3O7/c28-21-11-10-18(13-23(21)31(36)37)12-22(26(33)34)29-25(32)24-14-19-8-4-5-9-20(19)15-30(24)27(35)38-16-17-6-2-1-3-7-17/h1-11,13,22,24H,12,14-16H2,(H,29,32)(H,33,34)/t22-,24-/m0/s1. The Hall–Kier alpha value is -4.80. The summed E-state index contributed by atoms with van der Waals surface area (Å²) in [6.07, 6.45) is -0.926. The third kappa shape index (κ3) is 6.12. The number of benzene rings is 3. The molecule has 1 aliphatic heterocycles. The number of hydrogen-bond acceptors (Lipinski definition) is 6. The van der Waals surface area contributed by atoms with Gasteiger partial charge in [-0.05, 0) is 28.3 Å². The molecule has 2 N–H and O–H groups in total. The zero-order valence-corrected chi connectivity index (χ0v) is 20.1. The van der Waals surface area contributed by atoms with Crippen LogP contribution in [0.1, 0.15) is 22.3 Å². The summed E-state index contributed by atoms with van der Waals surface area (Å²) in [5.74, 6) is -3.17. The summed E-state index contributed by atoms with van der Waals surface area (Å²) in [5.41, 5.74) is 1.79. The Kier molecular flexibility index (Phi) is 7.95. The van der Waals surface area contributed by atoms with E-state index < -0.39 is 46.5 Å². The highest BCUT2D eigenvalue weighted by Crippen LogP contribution is 2.25. The number of halogens is 1. The van der Waals surface area contributed by atoms with Crippen LogP contribution in [0.15, 0.2) is 72.8 Å². The summed E-state index contributed by atoms with van der Waals surface area (Å²) in [6.45, 7) is 0.0804. The number of aliphatic carboxylic acids is 1. The average Bonchev–Trinajstić information content (AvgIpc) is 2.91. The number of nitrogens with zero attached hydrogens (tertiary/aromatic N) is 2. The first kappa shape index (κ1) is 26.3. The number of ether oxygens (including phenoxy) is 1. The van der Waals surface area contributed by atoms with Crippen molar-refractivity contribution in [3.8, 4) is 0 Å². The van der Waals surface area contributed by atoms with Crippen molar-refractivity contribution in [3.63, 3.8) is 0 Å². The van der Waals surface area contributed by atoms with Crippen LogP contribution in [-0.2, 0) is 40.3 Å². The number of nitro benzene ring substituents is 1. The van der Waals surface area contributed by atoms with Gasteiger partial charge in [0.05, 0.1) is 11.5 Å². The van der Waals surface area contributed by atoms with E-state index in [0.29, 0.717) is 0 Å². The highest BCUT2D eigenvalue weighted by Gasteiger charge is 2.37. The van der Waals surface area contributed by atoms with Gasteiger partial charge in [-0.25, -0.2) is 9.59 Å². The smallest absolute Gasteiger partial charge is 0.411 e. The van der Waals surface area contributed by atoms with Crippen LogP contribution < -0.4 is 5.32 Å². The molecule has 0 aliphatic carbocycles. The van der Waals surface area contributed by atoms with E-state index in [9.17, 15) is 34.0 Å². The fraction of sp³-hybridized carbons (Fsp3) is 0.222. The van der Waals surface area contributed by atoms with Crippen LogP contribution in [0.4, 0.5) is 14.9 Å². The zero-order chi connectivity index (χ0) is 27.2. The molecule has 0 saturated heterocycles. The molecule has 1 aliphatic rings. The van der Waals surface area contributed by atoms with Crippen LogP contribution in [0.25, 0.3) is 0 Å². The number of carbonyl (C=O) groups excluding carboxylic acids is 2. The lowest BCUT2D eigenvalue weighted by molar-refractivity contribution is -0.387. The first-order valence-electron chi connectivity index (χ1n) is 11.7. The van der Waals surface area contributed by atoms with Crippen molar-refractivity contribution in [3.05, 3.63) is 111 Å². The van der Waals surface area contributed by atoms with Gasteiger partial charge in [0.15, 0.2) is 0 Å². The second-order valence-corrected chi connectivity index (χ2v) is 8.80. The number of carboxylic acids is 1. The average molecular weight is 522 g/mol. The number of carbonyl (C=O) groups is 3. The zero-order valence-electron chi connectivity index (χ0n) is 20.1. The number of fused-ring (bicyclic) bond motifs is 1. The monoisotopic (exact) mass is 521 g/mol. The first-order valence-corrected chi connectivity index (χ1v) is 11.7. The summed E-state index contributed by atoms with van der Waals surface area (Å²) < 4.78 is 19.2. The van der Waals surface area contributed by atoms with Gasteiger partial charge in [-0.1, -0.05) is 60.7 Å². The second kappa shape index (κ2) is 11.5. The van der Waals surface area contributed by atoms with Gasteiger partial charge in [-0.15, -0.1) is 0 Å². The predicted octanol–water partition coefficient (Wildman–Crippen LogP) is 3.61. The highest BCUT2D eigenvalue weighted by atomic mass is 19.1. The topological polar surface area (TPSA) is 139 Å². The maximum absolute atomic E-state index is 13.7. The van der Waals surface area contributed by atoms with Crippen LogP contribution >= 0.6 is 0 Å². The van der Waals surface area contributed by atoms with Gasteiger partial charge >= 0.3 is 17.7 Å². The minimum atomic E-state index is -1.48.